The van der Waals surface area contributed by atoms with E-state index in [1.807, 2.05) is 18.2 Å². The molecule has 0 aromatic heterocycles. The third kappa shape index (κ3) is 4.73. The average molecular weight is 411 g/mol. The Morgan fingerprint density at radius 3 is 2.48 bits per heavy atom. The highest BCUT2D eigenvalue weighted by atomic mass is 35.5. The summed E-state index contributed by atoms with van der Waals surface area (Å²) >= 11 is 6.15. The summed E-state index contributed by atoms with van der Waals surface area (Å²) < 4.78 is 38.6. The van der Waals surface area contributed by atoms with Gasteiger partial charge >= 0.3 is 0 Å². The van der Waals surface area contributed by atoms with Gasteiger partial charge < -0.3 is 9.47 Å². The predicted molar refractivity (Wildman–Crippen MR) is 106 cm³/mol. The molecular formula is C19H23ClN2O4S. The summed E-state index contributed by atoms with van der Waals surface area (Å²) in [7, 11) is -2.27. The molecule has 0 radical (unpaired) electrons. The number of methoxy groups -OCH3 is 1. The molecule has 1 saturated heterocycles. The van der Waals surface area contributed by atoms with E-state index in [-0.39, 0.29) is 9.92 Å². The number of anilines is 1. The third-order valence-electron chi connectivity index (χ3n) is 4.48. The molecule has 1 fully saturated rings. The van der Waals surface area contributed by atoms with E-state index in [4.69, 9.17) is 21.1 Å². The maximum absolute atomic E-state index is 13.3. The van der Waals surface area contributed by atoms with Gasteiger partial charge in [0.25, 0.3) is 10.0 Å². The minimum atomic E-state index is -3.77. The van der Waals surface area contributed by atoms with E-state index in [9.17, 15) is 8.42 Å². The van der Waals surface area contributed by atoms with Crippen molar-refractivity contribution in [2.24, 2.45) is 0 Å². The fourth-order valence-electron chi connectivity index (χ4n) is 2.97. The molecular weight excluding hydrogens is 388 g/mol. The Bertz CT molecular complexity index is 855. The Hall–Kier alpha value is -1.80. The number of ether oxygens (including phenoxy) is 2. The molecule has 1 heterocycles. The van der Waals surface area contributed by atoms with Gasteiger partial charge in [-0.05, 0) is 30.3 Å². The average Bonchev–Trinajstić information content (AvgIpc) is 2.69. The van der Waals surface area contributed by atoms with Crippen molar-refractivity contribution in [1.82, 2.24) is 4.90 Å². The quantitative estimate of drug-likeness (QED) is 0.702. The molecule has 2 aromatic rings. The summed E-state index contributed by atoms with van der Waals surface area (Å²) in [5.41, 5.74) is 0.623. The highest BCUT2D eigenvalue weighted by Gasteiger charge is 2.26. The van der Waals surface area contributed by atoms with Crippen LogP contribution in [-0.4, -0.2) is 59.8 Å². The zero-order chi connectivity index (χ0) is 19.3. The molecule has 146 valence electrons. The van der Waals surface area contributed by atoms with Gasteiger partial charge in [0.15, 0.2) is 0 Å². The molecule has 0 unspecified atom stereocenters. The number of hydrogen-bond donors (Lipinski definition) is 0. The maximum Gasteiger partial charge on any atom is 0.264 e. The Labute approximate surface area is 165 Å². The topological polar surface area (TPSA) is 59.1 Å². The lowest BCUT2D eigenvalue weighted by molar-refractivity contribution is 0.0395. The van der Waals surface area contributed by atoms with Crippen LogP contribution >= 0.6 is 11.6 Å². The Balaban J connectivity index is 1.89. The van der Waals surface area contributed by atoms with Crippen molar-refractivity contribution in [2.75, 3.05) is 50.8 Å². The molecule has 8 heteroatoms. The molecule has 2 aromatic carbocycles. The monoisotopic (exact) mass is 410 g/mol. The molecule has 0 N–H and O–H groups in total. The van der Waals surface area contributed by atoms with Crippen molar-refractivity contribution in [1.29, 1.82) is 0 Å². The van der Waals surface area contributed by atoms with Crippen LogP contribution in [-0.2, 0) is 14.8 Å². The summed E-state index contributed by atoms with van der Waals surface area (Å²) in [6, 6.07) is 13.6. The minimum Gasteiger partial charge on any atom is -0.495 e. The van der Waals surface area contributed by atoms with Crippen LogP contribution in [0.4, 0.5) is 5.69 Å². The van der Waals surface area contributed by atoms with Gasteiger partial charge in [0.1, 0.15) is 5.75 Å². The molecule has 0 amide bonds. The van der Waals surface area contributed by atoms with E-state index in [1.165, 1.54) is 23.5 Å². The number of halogens is 1. The SMILES string of the molecule is COc1ccc(S(=O)(=O)N(CCN2CCOCC2)c2ccccc2)cc1Cl. The molecule has 6 nitrogen and oxygen atoms in total. The van der Waals surface area contributed by atoms with E-state index in [1.54, 1.807) is 18.2 Å². The molecule has 1 aliphatic heterocycles. The van der Waals surface area contributed by atoms with Gasteiger partial charge in [0, 0.05) is 26.2 Å². The van der Waals surface area contributed by atoms with Gasteiger partial charge in [-0.15, -0.1) is 0 Å². The molecule has 0 atom stereocenters. The highest BCUT2D eigenvalue weighted by Crippen LogP contribution is 2.30. The summed E-state index contributed by atoms with van der Waals surface area (Å²) in [5, 5.41) is 0.264. The van der Waals surface area contributed by atoms with Gasteiger partial charge in [0.05, 0.1) is 35.9 Å². The van der Waals surface area contributed by atoms with Crippen molar-refractivity contribution < 1.29 is 17.9 Å². The van der Waals surface area contributed by atoms with Gasteiger partial charge in [-0.1, -0.05) is 29.8 Å². The summed E-state index contributed by atoms with van der Waals surface area (Å²) in [5.74, 6) is 0.440. The van der Waals surface area contributed by atoms with Crippen molar-refractivity contribution >= 4 is 27.3 Å². The lowest BCUT2D eigenvalue weighted by atomic mass is 10.3. The van der Waals surface area contributed by atoms with E-state index in [0.29, 0.717) is 37.7 Å². The number of sulfonamides is 1. The largest absolute Gasteiger partial charge is 0.495 e. The van der Waals surface area contributed by atoms with Gasteiger partial charge in [-0.25, -0.2) is 8.42 Å². The highest BCUT2D eigenvalue weighted by molar-refractivity contribution is 7.92. The van der Waals surface area contributed by atoms with E-state index in [0.717, 1.165) is 13.1 Å². The van der Waals surface area contributed by atoms with Gasteiger partial charge in [-0.3, -0.25) is 9.21 Å². The van der Waals surface area contributed by atoms with Gasteiger partial charge in [-0.2, -0.15) is 0 Å². The van der Waals surface area contributed by atoms with Crippen molar-refractivity contribution in [3.05, 3.63) is 53.6 Å². The molecule has 0 bridgehead atoms. The normalized spacial score (nSPS) is 15.5. The second-order valence-electron chi connectivity index (χ2n) is 6.16. The number of rotatable bonds is 7. The number of benzene rings is 2. The molecule has 0 saturated carbocycles. The second kappa shape index (κ2) is 8.93. The van der Waals surface area contributed by atoms with Crippen LogP contribution in [0, 0.1) is 0 Å². The number of hydrogen-bond acceptors (Lipinski definition) is 5. The zero-order valence-electron chi connectivity index (χ0n) is 15.2. The second-order valence-corrected chi connectivity index (χ2v) is 8.43. The maximum atomic E-state index is 13.3. The van der Waals surface area contributed by atoms with Crippen LogP contribution in [0.2, 0.25) is 5.02 Å². The predicted octanol–water partition coefficient (Wildman–Crippen LogP) is 2.88. The van der Waals surface area contributed by atoms with Crippen LogP contribution in [0.1, 0.15) is 0 Å². The van der Waals surface area contributed by atoms with E-state index >= 15 is 0 Å². The summed E-state index contributed by atoms with van der Waals surface area (Å²) in [4.78, 5) is 2.34. The summed E-state index contributed by atoms with van der Waals surface area (Å²) in [6.07, 6.45) is 0. The Kier molecular flexibility index (Phi) is 6.59. The fourth-order valence-corrected chi connectivity index (χ4v) is 4.78. The molecule has 0 spiro atoms. The minimum absolute atomic E-state index is 0.138. The first kappa shape index (κ1) is 19.9. The Morgan fingerprint density at radius 2 is 1.85 bits per heavy atom. The number of nitrogens with zero attached hydrogens (tertiary/aromatic N) is 2. The standard InChI is InChI=1S/C19H23ClN2O4S/c1-25-19-8-7-17(15-18(19)20)27(23,24)22(16-5-3-2-4-6-16)10-9-21-11-13-26-14-12-21/h2-8,15H,9-14H2,1H3. The smallest absolute Gasteiger partial charge is 0.264 e. The lowest BCUT2D eigenvalue weighted by Crippen LogP contribution is -2.43. The Morgan fingerprint density at radius 1 is 1.15 bits per heavy atom. The first-order valence-corrected chi connectivity index (χ1v) is 10.6. The fraction of sp³-hybridized carbons (Fsp3) is 0.368. The van der Waals surface area contributed by atoms with Crippen LogP contribution in [0.15, 0.2) is 53.4 Å². The molecule has 27 heavy (non-hydrogen) atoms. The first-order valence-electron chi connectivity index (χ1n) is 8.74. The van der Waals surface area contributed by atoms with Crippen LogP contribution < -0.4 is 9.04 Å². The van der Waals surface area contributed by atoms with E-state index in [2.05, 4.69) is 4.90 Å². The van der Waals surface area contributed by atoms with Crippen molar-refractivity contribution in [3.8, 4) is 5.75 Å². The number of morpholine rings is 1. The van der Waals surface area contributed by atoms with Crippen molar-refractivity contribution in [3.63, 3.8) is 0 Å². The van der Waals surface area contributed by atoms with Gasteiger partial charge in [0.2, 0.25) is 0 Å². The van der Waals surface area contributed by atoms with Crippen LogP contribution in [0.25, 0.3) is 0 Å². The van der Waals surface area contributed by atoms with Crippen LogP contribution in [0.3, 0.4) is 0 Å². The summed E-state index contributed by atoms with van der Waals surface area (Å²) in [6.45, 7) is 3.92. The molecule has 3 rings (SSSR count). The zero-order valence-corrected chi connectivity index (χ0v) is 16.7. The van der Waals surface area contributed by atoms with Crippen LogP contribution in [0.5, 0.6) is 5.75 Å². The first-order chi connectivity index (χ1) is 13.0. The molecule has 1 aliphatic rings. The number of para-hydroxylation sites is 1. The van der Waals surface area contributed by atoms with E-state index < -0.39 is 10.0 Å². The van der Waals surface area contributed by atoms with Crippen molar-refractivity contribution in [2.45, 2.75) is 4.90 Å². The molecule has 0 aliphatic carbocycles. The lowest BCUT2D eigenvalue weighted by Gasteiger charge is -2.30. The third-order valence-corrected chi connectivity index (χ3v) is 6.60.